The van der Waals surface area contributed by atoms with Crippen molar-refractivity contribution in [1.82, 2.24) is 0 Å². The Hall–Kier alpha value is -0.610. The number of aliphatic hydroxyl groups excluding tert-OH is 1. The maximum atomic E-state index is 9.34. The monoisotopic (exact) mass is 175 g/mol. The van der Waals surface area contributed by atoms with E-state index in [1.54, 1.807) is 4.90 Å². The molecule has 0 aromatic carbocycles. The van der Waals surface area contributed by atoms with Crippen LogP contribution in [-0.2, 0) is 4.79 Å². The van der Waals surface area contributed by atoms with Crippen LogP contribution in [-0.4, -0.2) is 37.3 Å². The summed E-state index contributed by atoms with van der Waals surface area (Å²) < 4.78 is 0. The summed E-state index contributed by atoms with van der Waals surface area (Å²) in [7, 11) is 2.26. The summed E-state index contributed by atoms with van der Waals surface area (Å²) in [6, 6.07) is 0. The van der Waals surface area contributed by atoms with Crippen molar-refractivity contribution < 1.29 is 19.9 Å². The van der Waals surface area contributed by atoms with Gasteiger partial charge >= 0.3 is 0 Å². The molecule has 0 bridgehead atoms. The molecule has 0 radical (unpaired) electrons. The third kappa shape index (κ3) is 6.12. The smallest absolute Gasteiger partial charge is 0.0905 e. The summed E-state index contributed by atoms with van der Waals surface area (Å²) in [4.78, 5) is 11.0. The fraction of sp³-hybridized carbons (Fsp3) is 0.875. The topological polar surface area (TPSA) is 64.8 Å². The maximum Gasteiger partial charge on any atom is 0.0905 e. The first kappa shape index (κ1) is 11.4. The van der Waals surface area contributed by atoms with Gasteiger partial charge in [-0.3, -0.25) is 0 Å². The molecule has 1 atom stereocenters. The normalized spacial score (nSPS) is 19.6. The summed E-state index contributed by atoms with van der Waals surface area (Å²) in [5, 5.41) is 17.3. The largest absolute Gasteiger partial charge is 0.547 e. The fourth-order valence-electron chi connectivity index (χ4n) is 0.979. The lowest BCUT2D eigenvalue weighted by Gasteiger charge is -2.00. The van der Waals surface area contributed by atoms with Crippen molar-refractivity contribution in [3.63, 3.8) is 0 Å². The molecule has 1 unspecified atom stereocenters. The summed E-state index contributed by atoms with van der Waals surface area (Å²) in [6.45, 7) is 3.94. The van der Waals surface area contributed by atoms with Crippen molar-refractivity contribution in [1.29, 1.82) is 0 Å². The number of quaternary nitrogens is 1. The van der Waals surface area contributed by atoms with Crippen LogP contribution < -0.4 is 10.0 Å². The van der Waals surface area contributed by atoms with Crippen molar-refractivity contribution in [3.05, 3.63) is 0 Å². The maximum absolute atomic E-state index is 9.34. The van der Waals surface area contributed by atoms with Crippen LogP contribution in [0.3, 0.4) is 0 Å². The number of aliphatic hydroxyl groups is 1. The lowest BCUT2D eigenvalue weighted by atomic mass is 10.4. The van der Waals surface area contributed by atoms with Crippen LogP contribution >= 0.6 is 0 Å². The number of carboxylic acid groups (broad SMARTS) is 1. The highest BCUT2D eigenvalue weighted by atomic mass is 16.4. The number of carboxylic acids is 1. The van der Waals surface area contributed by atoms with Crippen LogP contribution in [0.1, 0.15) is 19.8 Å². The Balaban J connectivity index is 0.000000202. The second kappa shape index (κ2) is 5.97. The Kier molecular flexibility index (Phi) is 5.66. The first-order valence-electron chi connectivity index (χ1n) is 4.24. The second-order valence-electron chi connectivity index (χ2n) is 3.16. The molecule has 72 valence electrons. The lowest BCUT2D eigenvalue weighted by Crippen LogP contribution is -3.06. The van der Waals surface area contributed by atoms with E-state index in [0.717, 1.165) is 6.92 Å². The number of carbonyl (C=O) groups is 1. The molecule has 1 aliphatic heterocycles. The number of likely N-dealkylation sites (tertiary alicyclic amines) is 1. The summed E-state index contributed by atoms with van der Waals surface area (Å²) in [5.74, 6) is -1.44. The quantitative estimate of drug-likeness (QED) is 0.460. The molecular formula is C8H17NO3. The van der Waals surface area contributed by atoms with Crippen molar-refractivity contribution in [2.45, 2.75) is 25.9 Å². The zero-order valence-corrected chi connectivity index (χ0v) is 7.67. The van der Waals surface area contributed by atoms with E-state index in [9.17, 15) is 9.90 Å². The van der Waals surface area contributed by atoms with Crippen LogP contribution in [0.25, 0.3) is 0 Å². The van der Waals surface area contributed by atoms with E-state index in [-0.39, 0.29) is 0 Å². The molecule has 2 N–H and O–H groups in total. The Bertz CT molecular complexity index is 130. The van der Waals surface area contributed by atoms with Gasteiger partial charge in [-0.1, -0.05) is 0 Å². The minimum atomic E-state index is -1.44. The Morgan fingerprint density at radius 2 is 1.83 bits per heavy atom. The minimum absolute atomic E-state index is 1.13. The third-order valence-electron chi connectivity index (χ3n) is 1.80. The number of aliphatic carboxylic acids is 1. The van der Waals surface area contributed by atoms with E-state index in [0.29, 0.717) is 0 Å². The van der Waals surface area contributed by atoms with Gasteiger partial charge in [0.05, 0.1) is 32.2 Å². The minimum Gasteiger partial charge on any atom is -0.547 e. The molecule has 1 fully saturated rings. The van der Waals surface area contributed by atoms with Gasteiger partial charge < -0.3 is 19.9 Å². The molecule has 12 heavy (non-hydrogen) atoms. The van der Waals surface area contributed by atoms with Gasteiger partial charge in [0.2, 0.25) is 0 Å². The van der Waals surface area contributed by atoms with Crippen LogP contribution in [0, 0.1) is 0 Å². The second-order valence-corrected chi connectivity index (χ2v) is 3.16. The summed E-state index contributed by atoms with van der Waals surface area (Å²) >= 11 is 0. The molecule has 0 spiro atoms. The molecule has 1 saturated heterocycles. The molecule has 0 saturated carbocycles. The average molecular weight is 175 g/mol. The molecule has 0 aromatic heterocycles. The Morgan fingerprint density at radius 3 is 1.92 bits per heavy atom. The fourth-order valence-corrected chi connectivity index (χ4v) is 0.979. The van der Waals surface area contributed by atoms with Crippen LogP contribution in [0.5, 0.6) is 0 Å². The van der Waals surface area contributed by atoms with Gasteiger partial charge in [-0.25, -0.2) is 0 Å². The molecule has 4 heteroatoms. The summed E-state index contributed by atoms with van der Waals surface area (Å²) in [5.41, 5.74) is 0. The summed E-state index contributed by atoms with van der Waals surface area (Å²) in [6.07, 6.45) is 1.56. The van der Waals surface area contributed by atoms with Crippen LogP contribution in [0.15, 0.2) is 0 Å². The molecule has 4 nitrogen and oxygen atoms in total. The average Bonchev–Trinajstić information content (AvgIpc) is 2.40. The molecule has 0 aromatic rings. The first-order valence-corrected chi connectivity index (χ1v) is 4.24. The van der Waals surface area contributed by atoms with Crippen molar-refractivity contribution >= 4 is 5.97 Å². The van der Waals surface area contributed by atoms with Gasteiger partial charge in [-0.05, 0) is 6.92 Å². The Morgan fingerprint density at radius 1 is 1.50 bits per heavy atom. The van der Waals surface area contributed by atoms with Gasteiger partial charge in [-0.2, -0.15) is 0 Å². The molecule has 0 amide bonds. The molecule has 1 heterocycles. The number of hydrogen-bond acceptors (Lipinski definition) is 3. The van der Waals surface area contributed by atoms with E-state index in [1.807, 2.05) is 0 Å². The van der Waals surface area contributed by atoms with E-state index >= 15 is 0 Å². The number of carbonyl (C=O) groups excluding carboxylic acids is 1. The van der Waals surface area contributed by atoms with E-state index in [4.69, 9.17) is 5.11 Å². The van der Waals surface area contributed by atoms with E-state index in [1.165, 1.54) is 25.9 Å². The van der Waals surface area contributed by atoms with Gasteiger partial charge in [-0.15, -0.1) is 0 Å². The first-order chi connectivity index (χ1) is 5.54. The zero-order chi connectivity index (χ0) is 9.56. The lowest BCUT2D eigenvalue weighted by molar-refractivity contribution is -0.866. The predicted octanol–water partition coefficient (Wildman–Crippen LogP) is -2.59. The van der Waals surface area contributed by atoms with Crippen LogP contribution in [0.4, 0.5) is 0 Å². The highest BCUT2D eigenvalue weighted by Crippen LogP contribution is 1.84. The predicted molar refractivity (Wildman–Crippen MR) is 42.5 cm³/mol. The SMILES string of the molecule is CC(O)C(=O)[O-].C[NH+]1CCCC1. The number of hydrogen-bond donors (Lipinski definition) is 2. The van der Waals surface area contributed by atoms with Gasteiger partial charge in [0.15, 0.2) is 0 Å². The van der Waals surface area contributed by atoms with Gasteiger partial charge in [0.25, 0.3) is 0 Å². The number of rotatable bonds is 1. The van der Waals surface area contributed by atoms with Gasteiger partial charge in [0.1, 0.15) is 0 Å². The molecule has 1 aliphatic rings. The van der Waals surface area contributed by atoms with E-state index < -0.39 is 12.1 Å². The standard InChI is InChI=1S/C5H11N.C3H6O3/c1-6-4-2-3-5-6;1-2(4)3(5)6/h2-5H2,1H3;2,4H,1H3,(H,5,6). The van der Waals surface area contributed by atoms with Crippen molar-refractivity contribution in [2.75, 3.05) is 20.1 Å². The number of nitrogens with one attached hydrogen (secondary N) is 1. The van der Waals surface area contributed by atoms with Crippen molar-refractivity contribution in [3.8, 4) is 0 Å². The van der Waals surface area contributed by atoms with E-state index in [2.05, 4.69) is 7.05 Å². The Labute approximate surface area is 72.8 Å². The molecular weight excluding hydrogens is 158 g/mol. The molecule has 1 rings (SSSR count). The van der Waals surface area contributed by atoms with Gasteiger partial charge in [0, 0.05) is 12.8 Å². The van der Waals surface area contributed by atoms with Crippen LogP contribution in [0.2, 0.25) is 0 Å². The highest BCUT2D eigenvalue weighted by Gasteiger charge is 2.07. The van der Waals surface area contributed by atoms with Crippen molar-refractivity contribution in [2.24, 2.45) is 0 Å². The molecule has 0 aliphatic carbocycles. The third-order valence-corrected chi connectivity index (χ3v) is 1.80. The highest BCUT2D eigenvalue weighted by molar-refractivity contribution is 5.68. The zero-order valence-electron chi connectivity index (χ0n) is 7.67.